The fraction of sp³-hybridized carbons (Fsp3) is 0.300. The molecule has 1 N–H and O–H groups in total. The van der Waals surface area contributed by atoms with E-state index in [-0.39, 0.29) is 17.7 Å². The molecule has 0 atom stereocenters. The van der Waals surface area contributed by atoms with Crippen LogP contribution < -0.4 is 0 Å². The Morgan fingerprint density at radius 1 is 1.57 bits per heavy atom. The van der Waals surface area contributed by atoms with Crippen molar-refractivity contribution in [1.29, 1.82) is 0 Å². The van der Waals surface area contributed by atoms with Gasteiger partial charge in [0.15, 0.2) is 0 Å². The van der Waals surface area contributed by atoms with Gasteiger partial charge in [-0.1, -0.05) is 12.1 Å². The fourth-order valence-electron chi connectivity index (χ4n) is 1.07. The van der Waals surface area contributed by atoms with Crippen LogP contribution in [0.25, 0.3) is 0 Å². The molecule has 0 spiro atoms. The van der Waals surface area contributed by atoms with Crippen LogP contribution in [0.3, 0.4) is 0 Å². The SMILES string of the molecule is CCOCc1cccc(C(=O)O)c1F. The van der Waals surface area contributed by atoms with Crippen molar-refractivity contribution < 1.29 is 19.0 Å². The maximum absolute atomic E-state index is 13.4. The van der Waals surface area contributed by atoms with Crippen molar-refractivity contribution in [2.45, 2.75) is 13.5 Å². The summed E-state index contributed by atoms with van der Waals surface area (Å²) < 4.78 is 18.4. The second-order valence-electron chi connectivity index (χ2n) is 2.72. The van der Waals surface area contributed by atoms with Crippen LogP contribution in [0.4, 0.5) is 4.39 Å². The van der Waals surface area contributed by atoms with E-state index in [1.807, 2.05) is 0 Å². The average molecular weight is 198 g/mol. The van der Waals surface area contributed by atoms with Gasteiger partial charge in [0.1, 0.15) is 5.82 Å². The number of rotatable bonds is 4. The molecule has 0 aliphatic carbocycles. The number of hydrogen-bond acceptors (Lipinski definition) is 2. The van der Waals surface area contributed by atoms with Crippen LogP contribution in [0, 0.1) is 5.82 Å². The summed E-state index contributed by atoms with van der Waals surface area (Å²) >= 11 is 0. The molecular weight excluding hydrogens is 187 g/mol. The van der Waals surface area contributed by atoms with Gasteiger partial charge in [-0.05, 0) is 13.0 Å². The zero-order chi connectivity index (χ0) is 10.6. The average Bonchev–Trinajstić information content (AvgIpc) is 2.16. The molecular formula is C10H11FO3. The Labute approximate surface area is 81.1 Å². The van der Waals surface area contributed by atoms with E-state index < -0.39 is 11.8 Å². The number of carboxylic acid groups (broad SMARTS) is 1. The predicted molar refractivity (Wildman–Crippen MR) is 48.7 cm³/mol. The van der Waals surface area contributed by atoms with Crippen molar-refractivity contribution in [3.63, 3.8) is 0 Å². The van der Waals surface area contributed by atoms with E-state index in [1.54, 1.807) is 6.92 Å². The Hall–Kier alpha value is -1.42. The van der Waals surface area contributed by atoms with Crippen LogP contribution in [0.15, 0.2) is 18.2 Å². The molecule has 0 heterocycles. The zero-order valence-electron chi connectivity index (χ0n) is 7.79. The van der Waals surface area contributed by atoms with Gasteiger partial charge in [-0.3, -0.25) is 0 Å². The molecule has 3 nitrogen and oxygen atoms in total. The molecule has 0 radical (unpaired) electrons. The summed E-state index contributed by atoms with van der Waals surface area (Å²) in [6.45, 7) is 2.36. The number of hydrogen-bond donors (Lipinski definition) is 1. The lowest BCUT2D eigenvalue weighted by atomic mass is 10.1. The molecule has 14 heavy (non-hydrogen) atoms. The van der Waals surface area contributed by atoms with Gasteiger partial charge >= 0.3 is 5.97 Å². The summed E-state index contributed by atoms with van der Waals surface area (Å²) in [5.41, 5.74) is -0.0473. The van der Waals surface area contributed by atoms with Gasteiger partial charge in [0, 0.05) is 12.2 Å². The van der Waals surface area contributed by atoms with Crippen molar-refractivity contribution in [1.82, 2.24) is 0 Å². The van der Waals surface area contributed by atoms with E-state index in [0.29, 0.717) is 6.61 Å². The van der Waals surface area contributed by atoms with Crippen LogP contribution in [-0.2, 0) is 11.3 Å². The molecule has 1 aromatic rings. The highest BCUT2D eigenvalue weighted by atomic mass is 19.1. The fourth-order valence-corrected chi connectivity index (χ4v) is 1.07. The molecule has 0 saturated carbocycles. The lowest BCUT2D eigenvalue weighted by Crippen LogP contribution is -2.04. The highest BCUT2D eigenvalue weighted by molar-refractivity contribution is 5.88. The minimum Gasteiger partial charge on any atom is -0.478 e. The van der Waals surface area contributed by atoms with Crippen LogP contribution >= 0.6 is 0 Å². The molecule has 0 aliphatic rings. The summed E-state index contributed by atoms with van der Waals surface area (Å²) in [7, 11) is 0. The first-order valence-corrected chi connectivity index (χ1v) is 4.25. The Morgan fingerprint density at radius 2 is 2.29 bits per heavy atom. The number of aromatic carboxylic acids is 1. The van der Waals surface area contributed by atoms with Crippen molar-refractivity contribution in [2.24, 2.45) is 0 Å². The van der Waals surface area contributed by atoms with Crippen molar-refractivity contribution in [2.75, 3.05) is 6.61 Å². The summed E-state index contributed by atoms with van der Waals surface area (Å²) in [5, 5.41) is 8.63. The monoisotopic (exact) mass is 198 g/mol. The molecule has 1 aromatic carbocycles. The highest BCUT2D eigenvalue weighted by Crippen LogP contribution is 2.13. The topological polar surface area (TPSA) is 46.5 Å². The minimum absolute atomic E-state index is 0.101. The second kappa shape index (κ2) is 4.72. The molecule has 0 saturated heterocycles. The molecule has 1 rings (SSSR count). The lowest BCUT2D eigenvalue weighted by Gasteiger charge is -2.05. The summed E-state index contributed by atoms with van der Waals surface area (Å²) in [6, 6.07) is 4.24. The van der Waals surface area contributed by atoms with Gasteiger partial charge in [-0.15, -0.1) is 0 Å². The number of ether oxygens (including phenoxy) is 1. The van der Waals surface area contributed by atoms with Crippen LogP contribution in [0.2, 0.25) is 0 Å². The molecule has 0 aromatic heterocycles. The van der Waals surface area contributed by atoms with Crippen molar-refractivity contribution in [3.05, 3.63) is 35.1 Å². The number of carbonyl (C=O) groups is 1. The number of carboxylic acids is 1. The Balaban J connectivity index is 2.95. The van der Waals surface area contributed by atoms with Gasteiger partial charge in [0.2, 0.25) is 0 Å². The molecule has 4 heteroatoms. The first-order chi connectivity index (χ1) is 6.66. The third-order valence-corrected chi connectivity index (χ3v) is 1.77. The highest BCUT2D eigenvalue weighted by Gasteiger charge is 2.13. The molecule has 0 aliphatic heterocycles. The largest absolute Gasteiger partial charge is 0.478 e. The molecule has 0 unspecified atom stereocenters. The maximum atomic E-state index is 13.4. The smallest absolute Gasteiger partial charge is 0.338 e. The van der Waals surface area contributed by atoms with E-state index in [4.69, 9.17) is 9.84 Å². The first-order valence-electron chi connectivity index (χ1n) is 4.25. The lowest BCUT2D eigenvalue weighted by molar-refractivity contribution is 0.0690. The molecule has 0 amide bonds. The third kappa shape index (κ3) is 2.29. The van der Waals surface area contributed by atoms with E-state index in [1.165, 1.54) is 18.2 Å². The second-order valence-corrected chi connectivity index (χ2v) is 2.72. The van der Waals surface area contributed by atoms with Gasteiger partial charge in [-0.25, -0.2) is 9.18 Å². The summed E-state index contributed by atoms with van der Waals surface area (Å²) in [5.74, 6) is -1.98. The standard InChI is InChI=1S/C10H11FO3/c1-2-14-6-7-4-3-5-8(9(7)11)10(12)13/h3-5H,2,6H2,1H3,(H,12,13). The van der Waals surface area contributed by atoms with Gasteiger partial charge < -0.3 is 9.84 Å². The normalized spacial score (nSPS) is 10.1. The van der Waals surface area contributed by atoms with E-state index in [0.717, 1.165) is 0 Å². The Kier molecular flexibility index (Phi) is 3.59. The number of benzene rings is 1. The van der Waals surface area contributed by atoms with Crippen molar-refractivity contribution in [3.8, 4) is 0 Å². The summed E-state index contributed by atoms with van der Waals surface area (Å²) in [4.78, 5) is 10.6. The third-order valence-electron chi connectivity index (χ3n) is 1.77. The van der Waals surface area contributed by atoms with E-state index in [2.05, 4.69) is 0 Å². The molecule has 76 valence electrons. The molecule has 0 fully saturated rings. The first kappa shape index (κ1) is 10.7. The van der Waals surface area contributed by atoms with Gasteiger partial charge in [-0.2, -0.15) is 0 Å². The van der Waals surface area contributed by atoms with Crippen molar-refractivity contribution >= 4 is 5.97 Å². The van der Waals surface area contributed by atoms with Crippen LogP contribution in [0.1, 0.15) is 22.8 Å². The van der Waals surface area contributed by atoms with Gasteiger partial charge in [0.25, 0.3) is 0 Å². The van der Waals surface area contributed by atoms with Gasteiger partial charge in [0.05, 0.1) is 12.2 Å². The number of halogens is 1. The maximum Gasteiger partial charge on any atom is 0.338 e. The van der Waals surface area contributed by atoms with E-state index >= 15 is 0 Å². The quantitative estimate of drug-likeness (QED) is 0.805. The zero-order valence-corrected chi connectivity index (χ0v) is 7.79. The Bertz CT molecular complexity index is 336. The van der Waals surface area contributed by atoms with Crippen LogP contribution in [-0.4, -0.2) is 17.7 Å². The molecule has 0 bridgehead atoms. The predicted octanol–water partition coefficient (Wildman–Crippen LogP) is 2.06. The van der Waals surface area contributed by atoms with E-state index in [9.17, 15) is 9.18 Å². The Morgan fingerprint density at radius 3 is 2.86 bits per heavy atom. The minimum atomic E-state index is -1.26. The summed E-state index contributed by atoms with van der Waals surface area (Å²) in [6.07, 6.45) is 0. The van der Waals surface area contributed by atoms with Crippen LogP contribution in [0.5, 0.6) is 0 Å².